The predicted molar refractivity (Wildman–Crippen MR) is 90.8 cm³/mol. The van der Waals surface area contributed by atoms with Crippen molar-refractivity contribution in [3.8, 4) is 0 Å². The molecule has 0 saturated carbocycles. The fourth-order valence-corrected chi connectivity index (χ4v) is 2.81. The van der Waals surface area contributed by atoms with E-state index in [1.807, 2.05) is 19.9 Å². The average molecular weight is 332 g/mol. The van der Waals surface area contributed by atoms with Crippen molar-refractivity contribution in [3.05, 3.63) is 29.8 Å². The molecule has 2 amide bonds. The third-order valence-electron chi connectivity index (χ3n) is 3.99. The molecule has 1 saturated heterocycles. The van der Waals surface area contributed by atoms with Gasteiger partial charge < -0.3 is 15.0 Å². The molecule has 0 radical (unpaired) electrons. The van der Waals surface area contributed by atoms with Crippen LogP contribution in [0.5, 0.6) is 0 Å². The van der Waals surface area contributed by atoms with E-state index >= 15 is 0 Å². The molecule has 0 bridgehead atoms. The van der Waals surface area contributed by atoms with Crippen molar-refractivity contribution in [1.29, 1.82) is 0 Å². The van der Waals surface area contributed by atoms with Crippen LogP contribution in [0.4, 0.5) is 5.69 Å². The van der Waals surface area contributed by atoms with E-state index in [4.69, 9.17) is 4.74 Å². The zero-order valence-electron chi connectivity index (χ0n) is 14.4. The molecule has 0 aliphatic carbocycles. The quantitative estimate of drug-likeness (QED) is 0.810. The fourth-order valence-electron chi connectivity index (χ4n) is 2.81. The van der Waals surface area contributed by atoms with Gasteiger partial charge in [0.15, 0.2) is 0 Å². The van der Waals surface area contributed by atoms with Gasteiger partial charge in [-0.05, 0) is 37.0 Å². The highest BCUT2D eigenvalue weighted by Gasteiger charge is 2.25. The second kappa shape index (κ2) is 7.95. The van der Waals surface area contributed by atoms with Crippen molar-refractivity contribution in [1.82, 2.24) is 5.32 Å². The molecular weight excluding hydrogens is 308 g/mol. The minimum Gasteiger partial charge on any atom is -0.467 e. The van der Waals surface area contributed by atoms with Crippen LogP contribution in [0.1, 0.15) is 43.5 Å². The van der Waals surface area contributed by atoms with Crippen LogP contribution in [0, 0.1) is 5.92 Å². The van der Waals surface area contributed by atoms with Crippen molar-refractivity contribution < 1.29 is 19.1 Å². The SMILES string of the molecule is COC(=O)[C@H](CC(C)C)NC(=O)c1cccc(N2CCCC2=O)c1. The number of hydrogen-bond acceptors (Lipinski definition) is 4. The van der Waals surface area contributed by atoms with E-state index in [2.05, 4.69) is 5.32 Å². The number of nitrogens with one attached hydrogen (secondary N) is 1. The van der Waals surface area contributed by atoms with Crippen LogP contribution in [0.3, 0.4) is 0 Å². The summed E-state index contributed by atoms with van der Waals surface area (Å²) >= 11 is 0. The summed E-state index contributed by atoms with van der Waals surface area (Å²) in [5, 5.41) is 2.73. The zero-order valence-corrected chi connectivity index (χ0v) is 14.4. The Morgan fingerprint density at radius 2 is 2.08 bits per heavy atom. The first kappa shape index (κ1) is 18.0. The summed E-state index contributed by atoms with van der Waals surface area (Å²) in [6.07, 6.45) is 1.87. The van der Waals surface area contributed by atoms with Crippen LogP contribution in [-0.2, 0) is 14.3 Å². The lowest BCUT2D eigenvalue weighted by molar-refractivity contribution is -0.143. The molecule has 2 rings (SSSR count). The fraction of sp³-hybridized carbons (Fsp3) is 0.500. The van der Waals surface area contributed by atoms with Crippen molar-refractivity contribution in [2.24, 2.45) is 5.92 Å². The van der Waals surface area contributed by atoms with Gasteiger partial charge in [-0.25, -0.2) is 4.79 Å². The van der Waals surface area contributed by atoms with E-state index in [1.165, 1.54) is 7.11 Å². The van der Waals surface area contributed by atoms with Crippen molar-refractivity contribution in [3.63, 3.8) is 0 Å². The van der Waals surface area contributed by atoms with Crippen molar-refractivity contribution >= 4 is 23.5 Å². The van der Waals surface area contributed by atoms with E-state index in [1.54, 1.807) is 23.1 Å². The molecule has 1 aromatic carbocycles. The summed E-state index contributed by atoms with van der Waals surface area (Å²) in [7, 11) is 1.31. The van der Waals surface area contributed by atoms with Crippen LogP contribution in [0.15, 0.2) is 24.3 Å². The number of anilines is 1. The van der Waals surface area contributed by atoms with Gasteiger partial charge in [0.05, 0.1) is 7.11 Å². The molecule has 1 aliphatic heterocycles. The number of benzene rings is 1. The summed E-state index contributed by atoms with van der Waals surface area (Å²) in [6, 6.07) is 6.22. The van der Waals surface area contributed by atoms with E-state index in [9.17, 15) is 14.4 Å². The van der Waals surface area contributed by atoms with Gasteiger partial charge in [-0.1, -0.05) is 19.9 Å². The highest BCUT2D eigenvalue weighted by molar-refractivity contribution is 6.00. The van der Waals surface area contributed by atoms with Gasteiger partial charge in [-0.15, -0.1) is 0 Å². The first-order chi connectivity index (χ1) is 11.4. The van der Waals surface area contributed by atoms with Gasteiger partial charge in [0.2, 0.25) is 5.91 Å². The highest BCUT2D eigenvalue weighted by Crippen LogP contribution is 2.22. The van der Waals surface area contributed by atoms with Crippen LogP contribution in [0.2, 0.25) is 0 Å². The number of nitrogens with zero attached hydrogens (tertiary/aromatic N) is 1. The molecule has 1 aromatic rings. The van der Waals surface area contributed by atoms with Crippen LogP contribution < -0.4 is 10.2 Å². The Bertz CT molecular complexity index is 627. The average Bonchev–Trinajstić information content (AvgIpc) is 2.99. The highest BCUT2D eigenvalue weighted by atomic mass is 16.5. The van der Waals surface area contributed by atoms with Gasteiger partial charge in [-0.3, -0.25) is 9.59 Å². The van der Waals surface area contributed by atoms with E-state index < -0.39 is 12.0 Å². The Labute approximate surface area is 142 Å². The molecule has 0 spiro atoms. The topological polar surface area (TPSA) is 75.7 Å². The molecule has 1 heterocycles. The first-order valence-electron chi connectivity index (χ1n) is 8.21. The van der Waals surface area contributed by atoms with Gasteiger partial charge in [-0.2, -0.15) is 0 Å². The van der Waals surface area contributed by atoms with Crippen LogP contribution in [0.25, 0.3) is 0 Å². The van der Waals surface area contributed by atoms with Gasteiger partial charge in [0.25, 0.3) is 5.91 Å². The lowest BCUT2D eigenvalue weighted by atomic mass is 10.0. The Kier molecular flexibility index (Phi) is 5.95. The lowest BCUT2D eigenvalue weighted by Gasteiger charge is -2.19. The standard InChI is InChI=1S/C18H24N2O4/c1-12(2)10-15(18(23)24-3)19-17(22)13-6-4-7-14(11-13)20-9-5-8-16(20)21/h4,6-7,11-12,15H,5,8-10H2,1-3H3,(H,19,22)/t15-/m0/s1. The Morgan fingerprint density at radius 3 is 2.67 bits per heavy atom. The summed E-state index contributed by atoms with van der Waals surface area (Å²) < 4.78 is 4.76. The predicted octanol–water partition coefficient (Wildman–Crippen LogP) is 2.13. The summed E-state index contributed by atoms with van der Waals surface area (Å²) in [6.45, 7) is 4.62. The molecule has 6 nitrogen and oxygen atoms in total. The molecule has 130 valence electrons. The summed E-state index contributed by atoms with van der Waals surface area (Å²) in [4.78, 5) is 37.9. The molecule has 24 heavy (non-hydrogen) atoms. The number of carbonyl (C=O) groups is 3. The van der Waals surface area contributed by atoms with Crippen molar-refractivity contribution in [2.75, 3.05) is 18.6 Å². The second-order valence-electron chi connectivity index (χ2n) is 6.38. The molecule has 1 N–H and O–H groups in total. The Hall–Kier alpha value is -2.37. The molecule has 1 atom stereocenters. The molecule has 1 aliphatic rings. The number of methoxy groups -OCH3 is 1. The van der Waals surface area contributed by atoms with E-state index in [0.29, 0.717) is 30.6 Å². The second-order valence-corrected chi connectivity index (χ2v) is 6.38. The summed E-state index contributed by atoms with van der Waals surface area (Å²) in [5.41, 5.74) is 1.13. The third-order valence-corrected chi connectivity index (χ3v) is 3.99. The minimum absolute atomic E-state index is 0.0693. The first-order valence-corrected chi connectivity index (χ1v) is 8.21. The maximum Gasteiger partial charge on any atom is 0.328 e. The van der Waals surface area contributed by atoms with Crippen molar-refractivity contribution in [2.45, 2.75) is 39.2 Å². The number of carbonyl (C=O) groups excluding carboxylic acids is 3. The van der Waals surface area contributed by atoms with Crippen LogP contribution >= 0.6 is 0 Å². The molecule has 0 aromatic heterocycles. The zero-order chi connectivity index (χ0) is 17.7. The number of esters is 1. The molecular formula is C18H24N2O4. The molecule has 1 fully saturated rings. The number of rotatable bonds is 6. The monoisotopic (exact) mass is 332 g/mol. The lowest BCUT2D eigenvalue weighted by Crippen LogP contribution is -2.42. The molecule has 0 unspecified atom stereocenters. The Balaban J connectivity index is 2.13. The third kappa shape index (κ3) is 4.34. The number of hydrogen-bond donors (Lipinski definition) is 1. The molecule has 6 heteroatoms. The van der Waals surface area contributed by atoms with Gasteiger partial charge in [0.1, 0.15) is 6.04 Å². The number of ether oxygens (including phenoxy) is 1. The van der Waals surface area contributed by atoms with Gasteiger partial charge in [0, 0.05) is 24.2 Å². The van der Waals surface area contributed by atoms with E-state index in [-0.39, 0.29) is 17.7 Å². The van der Waals surface area contributed by atoms with Gasteiger partial charge >= 0.3 is 5.97 Å². The van der Waals surface area contributed by atoms with E-state index in [0.717, 1.165) is 6.42 Å². The largest absolute Gasteiger partial charge is 0.467 e. The Morgan fingerprint density at radius 1 is 1.33 bits per heavy atom. The van der Waals surface area contributed by atoms with Crippen LogP contribution in [-0.4, -0.2) is 37.5 Å². The normalized spacial score (nSPS) is 15.5. The number of amides is 2. The maximum absolute atomic E-state index is 12.5. The smallest absolute Gasteiger partial charge is 0.328 e. The minimum atomic E-state index is -0.681. The maximum atomic E-state index is 12.5. The summed E-state index contributed by atoms with van der Waals surface area (Å²) in [5.74, 6) is -0.495.